The van der Waals surface area contributed by atoms with E-state index in [4.69, 9.17) is 4.74 Å². The summed E-state index contributed by atoms with van der Waals surface area (Å²) in [6.07, 6.45) is 0. The molecule has 112 valence electrons. The minimum atomic E-state index is -0.382. The predicted molar refractivity (Wildman–Crippen MR) is 86.6 cm³/mol. The fourth-order valence-electron chi connectivity index (χ4n) is 2.77. The summed E-state index contributed by atoms with van der Waals surface area (Å²) in [5, 5.41) is 2.69. The highest BCUT2D eigenvalue weighted by Crippen LogP contribution is 2.36. The van der Waals surface area contributed by atoms with E-state index in [9.17, 15) is 4.79 Å². The number of aliphatic imine (C=N–C) groups is 1. The van der Waals surface area contributed by atoms with Crippen molar-refractivity contribution in [3.63, 3.8) is 0 Å². The van der Waals surface area contributed by atoms with Crippen LogP contribution in [0, 0.1) is 0 Å². The van der Waals surface area contributed by atoms with E-state index >= 15 is 0 Å². The van der Waals surface area contributed by atoms with Gasteiger partial charge in [-0.1, -0.05) is 42.5 Å². The summed E-state index contributed by atoms with van der Waals surface area (Å²) < 4.78 is 5.30. The molecule has 0 spiro atoms. The number of nitrogens with zero attached hydrogens (tertiary/aromatic N) is 1. The van der Waals surface area contributed by atoms with Crippen molar-refractivity contribution in [1.29, 1.82) is 0 Å². The quantitative estimate of drug-likeness (QED) is 0.941. The summed E-state index contributed by atoms with van der Waals surface area (Å²) in [6.45, 7) is 0. The summed E-state index contributed by atoms with van der Waals surface area (Å²) >= 11 is 0. The Kier molecular flexibility index (Phi) is 3.92. The molecule has 0 saturated carbocycles. The lowest BCUT2D eigenvalue weighted by atomic mass is 9.78. The van der Waals surface area contributed by atoms with Crippen LogP contribution in [0.4, 0.5) is 0 Å². The van der Waals surface area contributed by atoms with Crippen molar-refractivity contribution in [1.82, 2.24) is 5.32 Å². The van der Waals surface area contributed by atoms with E-state index in [1.54, 1.807) is 14.2 Å². The minimum Gasteiger partial charge on any atom is -0.497 e. The molecule has 22 heavy (non-hydrogen) atoms. The largest absolute Gasteiger partial charge is 0.497 e. The van der Waals surface area contributed by atoms with Crippen molar-refractivity contribution in [2.24, 2.45) is 4.99 Å². The Morgan fingerprint density at radius 2 is 1.91 bits per heavy atom. The second kappa shape index (κ2) is 6.02. The SMILES string of the molecule is CNC(=O)[C@@H]1N=C(c2ccccc2)[C@H]1c1cccc(OC)c1. The van der Waals surface area contributed by atoms with E-state index in [1.165, 1.54) is 0 Å². The molecule has 0 bridgehead atoms. The van der Waals surface area contributed by atoms with E-state index in [0.717, 1.165) is 22.6 Å². The normalized spacial score (nSPS) is 19.8. The molecule has 1 N–H and O–H groups in total. The Balaban J connectivity index is 2.01. The van der Waals surface area contributed by atoms with Gasteiger partial charge in [0.25, 0.3) is 0 Å². The van der Waals surface area contributed by atoms with E-state index in [1.807, 2.05) is 54.6 Å². The van der Waals surface area contributed by atoms with Gasteiger partial charge in [0.2, 0.25) is 5.91 Å². The van der Waals surface area contributed by atoms with Gasteiger partial charge in [-0.15, -0.1) is 0 Å². The van der Waals surface area contributed by atoms with Crippen molar-refractivity contribution >= 4 is 11.6 Å². The number of hydrogen-bond acceptors (Lipinski definition) is 3. The molecule has 3 rings (SSSR count). The second-order valence-electron chi connectivity index (χ2n) is 5.19. The molecule has 2 aromatic rings. The van der Waals surface area contributed by atoms with Gasteiger partial charge in [0, 0.05) is 7.05 Å². The van der Waals surface area contributed by atoms with E-state index in [2.05, 4.69) is 10.3 Å². The third-order valence-electron chi connectivity index (χ3n) is 3.93. The van der Waals surface area contributed by atoms with Crippen LogP contribution in [-0.4, -0.2) is 31.8 Å². The summed E-state index contributed by atoms with van der Waals surface area (Å²) in [5.41, 5.74) is 3.04. The van der Waals surface area contributed by atoms with Crippen molar-refractivity contribution in [2.45, 2.75) is 12.0 Å². The minimum absolute atomic E-state index is 0.0440. The van der Waals surface area contributed by atoms with Crippen LogP contribution in [0.1, 0.15) is 17.0 Å². The van der Waals surface area contributed by atoms with Gasteiger partial charge in [-0.2, -0.15) is 0 Å². The van der Waals surface area contributed by atoms with E-state index in [-0.39, 0.29) is 17.9 Å². The highest BCUT2D eigenvalue weighted by Gasteiger charge is 2.41. The van der Waals surface area contributed by atoms with E-state index < -0.39 is 0 Å². The third-order valence-corrected chi connectivity index (χ3v) is 3.93. The number of carbonyl (C=O) groups excluding carboxylic acids is 1. The maximum absolute atomic E-state index is 12.1. The van der Waals surface area contributed by atoms with Gasteiger partial charge < -0.3 is 10.1 Å². The monoisotopic (exact) mass is 294 g/mol. The maximum Gasteiger partial charge on any atom is 0.245 e. The Morgan fingerprint density at radius 1 is 1.14 bits per heavy atom. The molecule has 4 heteroatoms. The van der Waals surface area contributed by atoms with Gasteiger partial charge in [0.15, 0.2) is 0 Å². The van der Waals surface area contributed by atoms with Crippen LogP contribution < -0.4 is 10.1 Å². The highest BCUT2D eigenvalue weighted by atomic mass is 16.5. The number of nitrogens with one attached hydrogen (secondary N) is 1. The molecule has 2 atom stereocenters. The molecule has 0 radical (unpaired) electrons. The summed E-state index contributed by atoms with van der Waals surface area (Å²) in [4.78, 5) is 16.6. The van der Waals surface area contributed by atoms with Crippen molar-refractivity contribution in [3.05, 3.63) is 65.7 Å². The fourth-order valence-corrected chi connectivity index (χ4v) is 2.77. The molecular formula is C18H18N2O2. The zero-order chi connectivity index (χ0) is 15.5. The predicted octanol–water partition coefficient (Wildman–Crippen LogP) is 2.40. The summed E-state index contributed by atoms with van der Waals surface area (Å²) in [6, 6.07) is 17.4. The first kappa shape index (κ1) is 14.3. The zero-order valence-corrected chi connectivity index (χ0v) is 12.6. The zero-order valence-electron chi connectivity index (χ0n) is 12.6. The van der Waals surface area contributed by atoms with Crippen LogP contribution in [-0.2, 0) is 4.79 Å². The number of carbonyl (C=O) groups is 1. The van der Waals surface area contributed by atoms with Gasteiger partial charge >= 0.3 is 0 Å². The van der Waals surface area contributed by atoms with Gasteiger partial charge in [0.1, 0.15) is 11.8 Å². The third kappa shape index (κ3) is 2.48. The Hall–Kier alpha value is -2.62. The number of benzene rings is 2. The number of ether oxygens (including phenoxy) is 1. The highest BCUT2D eigenvalue weighted by molar-refractivity contribution is 6.13. The average Bonchev–Trinajstić information content (AvgIpc) is 2.55. The van der Waals surface area contributed by atoms with Gasteiger partial charge in [-0.25, -0.2) is 0 Å². The Bertz CT molecular complexity index is 710. The van der Waals surface area contributed by atoms with Crippen molar-refractivity contribution < 1.29 is 9.53 Å². The second-order valence-corrected chi connectivity index (χ2v) is 5.19. The maximum atomic E-state index is 12.1. The standard InChI is InChI=1S/C18H18N2O2/c1-19-18(21)17-15(13-9-6-10-14(11-13)22-2)16(20-17)12-7-4-3-5-8-12/h3-11,15,17H,1-2H3,(H,19,21)/t15-,17-/m1/s1. The molecule has 1 aliphatic rings. The number of amides is 1. The lowest BCUT2D eigenvalue weighted by molar-refractivity contribution is -0.122. The first-order valence-electron chi connectivity index (χ1n) is 7.23. The van der Waals surface area contributed by atoms with E-state index in [0.29, 0.717) is 0 Å². The molecule has 0 unspecified atom stereocenters. The summed E-state index contributed by atoms with van der Waals surface area (Å²) in [5.74, 6) is 0.678. The molecule has 4 nitrogen and oxygen atoms in total. The molecule has 2 aromatic carbocycles. The smallest absolute Gasteiger partial charge is 0.245 e. The van der Waals surface area contributed by atoms with Crippen LogP contribution in [0.2, 0.25) is 0 Å². The van der Waals surface area contributed by atoms with Crippen molar-refractivity contribution in [3.8, 4) is 5.75 Å². The van der Waals surface area contributed by atoms with Crippen LogP contribution in [0.5, 0.6) is 5.75 Å². The van der Waals surface area contributed by atoms with Gasteiger partial charge in [-0.05, 0) is 23.3 Å². The molecule has 1 aliphatic heterocycles. The van der Waals surface area contributed by atoms with Crippen LogP contribution >= 0.6 is 0 Å². The first-order chi connectivity index (χ1) is 10.7. The Labute approximate surface area is 129 Å². The molecule has 0 aliphatic carbocycles. The van der Waals surface area contributed by atoms with Gasteiger partial charge in [-0.3, -0.25) is 9.79 Å². The lowest BCUT2D eigenvalue weighted by Crippen LogP contribution is -2.46. The molecule has 1 heterocycles. The van der Waals surface area contributed by atoms with Crippen LogP contribution in [0.15, 0.2) is 59.6 Å². The number of hydrogen-bond donors (Lipinski definition) is 1. The Morgan fingerprint density at radius 3 is 2.59 bits per heavy atom. The first-order valence-corrected chi connectivity index (χ1v) is 7.23. The fraction of sp³-hybridized carbons (Fsp3) is 0.222. The molecular weight excluding hydrogens is 276 g/mol. The molecule has 0 aromatic heterocycles. The lowest BCUT2D eigenvalue weighted by Gasteiger charge is -2.34. The topological polar surface area (TPSA) is 50.7 Å². The van der Waals surface area contributed by atoms with Crippen LogP contribution in [0.3, 0.4) is 0 Å². The number of likely N-dealkylation sites (N-methyl/N-ethyl adjacent to an activating group) is 1. The van der Waals surface area contributed by atoms with Gasteiger partial charge in [0.05, 0.1) is 18.7 Å². The van der Waals surface area contributed by atoms with Crippen molar-refractivity contribution in [2.75, 3.05) is 14.2 Å². The number of methoxy groups -OCH3 is 1. The molecule has 0 saturated heterocycles. The number of rotatable bonds is 4. The molecule has 0 fully saturated rings. The summed E-state index contributed by atoms with van der Waals surface area (Å²) in [7, 11) is 3.28. The average molecular weight is 294 g/mol. The molecule has 1 amide bonds. The van der Waals surface area contributed by atoms with Crippen LogP contribution in [0.25, 0.3) is 0 Å².